The van der Waals surface area contributed by atoms with Crippen molar-refractivity contribution >= 4 is 35.0 Å². The second-order valence-electron chi connectivity index (χ2n) is 8.04. The fourth-order valence-electron chi connectivity index (χ4n) is 4.12. The molecule has 7 heteroatoms. The van der Waals surface area contributed by atoms with Gasteiger partial charge in [0.05, 0.1) is 5.52 Å². The normalized spacial score (nSPS) is 18.3. The molecule has 1 heterocycles. The molecule has 0 radical (unpaired) electrons. The molecule has 31 heavy (non-hydrogen) atoms. The molecule has 164 valence electrons. The first-order valence-electron chi connectivity index (χ1n) is 10.4. The Labute approximate surface area is 186 Å². The van der Waals surface area contributed by atoms with E-state index in [1.807, 2.05) is 18.2 Å². The molecule has 1 saturated carbocycles. The van der Waals surface area contributed by atoms with Gasteiger partial charge in [-0.05, 0) is 74.4 Å². The molecule has 1 aliphatic rings. The van der Waals surface area contributed by atoms with E-state index in [-0.39, 0.29) is 23.9 Å². The summed E-state index contributed by atoms with van der Waals surface area (Å²) in [4.78, 5) is 16.9. The van der Waals surface area contributed by atoms with Crippen LogP contribution in [0.25, 0.3) is 10.9 Å². The Morgan fingerprint density at radius 3 is 2.52 bits per heavy atom. The minimum Gasteiger partial charge on any atom is -0.367 e. The van der Waals surface area contributed by atoms with E-state index in [0.29, 0.717) is 18.5 Å². The first-order valence-corrected chi connectivity index (χ1v) is 10.4. The average Bonchev–Trinajstić information content (AvgIpc) is 2.75. The van der Waals surface area contributed by atoms with Gasteiger partial charge in [-0.2, -0.15) is 0 Å². The number of para-hydroxylation sites is 1. The van der Waals surface area contributed by atoms with Crippen LogP contribution in [0.5, 0.6) is 0 Å². The molecule has 1 fully saturated rings. The van der Waals surface area contributed by atoms with E-state index < -0.39 is 11.6 Å². The van der Waals surface area contributed by atoms with Crippen LogP contribution >= 0.6 is 12.4 Å². The first-order chi connectivity index (χ1) is 14.5. The minimum atomic E-state index is -1.01. The maximum absolute atomic E-state index is 13.3. The van der Waals surface area contributed by atoms with Gasteiger partial charge in [0.25, 0.3) is 5.91 Å². The largest absolute Gasteiger partial charge is 0.367 e. The van der Waals surface area contributed by atoms with Crippen LogP contribution in [0, 0.1) is 24.5 Å². The number of carbonyl (C=O) groups is 1. The smallest absolute Gasteiger partial charge is 0.251 e. The van der Waals surface area contributed by atoms with E-state index in [1.54, 1.807) is 0 Å². The summed E-state index contributed by atoms with van der Waals surface area (Å²) in [6, 6.07) is 13.8. The van der Waals surface area contributed by atoms with Crippen LogP contribution in [0.1, 0.15) is 41.6 Å². The first kappa shape index (κ1) is 22.9. The van der Waals surface area contributed by atoms with Crippen LogP contribution in [0.4, 0.5) is 14.6 Å². The van der Waals surface area contributed by atoms with E-state index >= 15 is 0 Å². The molecule has 4 nitrogen and oxygen atoms in total. The molecule has 3 aromatic rings. The molecular weight excluding hydrogens is 420 g/mol. The molecule has 1 aromatic heterocycles. The number of rotatable bonds is 5. The number of benzene rings is 2. The van der Waals surface area contributed by atoms with Crippen molar-refractivity contribution in [3.8, 4) is 0 Å². The van der Waals surface area contributed by atoms with E-state index in [1.165, 1.54) is 17.0 Å². The lowest BCUT2D eigenvalue weighted by Gasteiger charge is -2.29. The van der Waals surface area contributed by atoms with Gasteiger partial charge in [0.1, 0.15) is 5.82 Å². The standard InChI is InChI=1S/C24H25F2N3O.ClH/c1-15-12-23(29-22-5-3-2-4-19(15)22)28-18-9-6-16(7-10-18)14-27-24(30)17-8-11-20(25)21(26)13-17;/h2-5,8,11-13,16,18H,6-7,9-10,14H2,1H3,(H,27,30)(H,28,29);1H/t16-,18+;. The molecule has 0 atom stereocenters. The van der Waals surface area contributed by atoms with Crippen molar-refractivity contribution in [1.29, 1.82) is 0 Å². The molecule has 2 N–H and O–H groups in total. The topological polar surface area (TPSA) is 54.0 Å². The van der Waals surface area contributed by atoms with Crippen LogP contribution in [-0.2, 0) is 0 Å². The Bertz CT molecular complexity index is 1070. The zero-order chi connectivity index (χ0) is 21.1. The van der Waals surface area contributed by atoms with Gasteiger partial charge < -0.3 is 10.6 Å². The quantitative estimate of drug-likeness (QED) is 0.534. The second-order valence-corrected chi connectivity index (χ2v) is 8.04. The number of amides is 1. The van der Waals surface area contributed by atoms with Crippen LogP contribution in [0.15, 0.2) is 48.5 Å². The Hall–Kier alpha value is -2.73. The predicted octanol–water partition coefficient (Wildman–Crippen LogP) is 5.64. The van der Waals surface area contributed by atoms with Crippen molar-refractivity contribution in [3.05, 3.63) is 71.3 Å². The third-order valence-corrected chi connectivity index (χ3v) is 5.85. The average molecular weight is 446 g/mol. The predicted molar refractivity (Wildman–Crippen MR) is 122 cm³/mol. The molecule has 0 bridgehead atoms. The lowest BCUT2D eigenvalue weighted by molar-refractivity contribution is 0.0942. The van der Waals surface area contributed by atoms with Gasteiger partial charge in [-0.15, -0.1) is 12.4 Å². The Balaban J connectivity index is 0.00000272. The number of nitrogens with one attached hydrogen (secondary N) is 2. The highest BCUT2D eigenvalue weighted by Crippen LogP contribution is 2.27. The van der Waals surface area contributed by atoms with Gasteiger partial charge in [-0.1, -0.05) is 18.2 Å². The summed E-state index contributed by atoms with van der Waals surface area (Å²) in [6.45, 7) is 2.64. The van der Waals surface area contributed by atoms with Gasteiger partial charge >= 0.3 is 0 Å². The maximum atomic E-state index is 13.3. The summed E-state index contributed by atoms with van der Waals surface area (Å²) < 4.78 is 26.3. The van der Waals surface area contributed by atoms with Crippen LogP contribution in [-0.4, -0.2) is 23.5 Å². The summed E-state index contributed by atoms with van der Waals surface area (Å²) in [5.41, 5.74) is 2.34. The molecule has 1 amide bonds. The van der Waals surface area contributed by atoms with Gasteiger partial charge in [-0.3, -0.25) is 4.79 Å². The molecule has 4 rings (SSSR count). The Morgan fingerprint density at radius 2 is 1.77 bits per heavy atom. The zero-order valence-corrected chi connectivity index (χ0v) is 18.1. The Kier molecular flexibility index (Phi) is 7.44. The van der Waals surface area contributed by atoms with E-state index in [4.69, 9.17) is 4.98 Å². The van der Waals surface area contributed by atoms with Crippen LogP contribution in [0.2, 0.25) is 0 Å². The van der Waals surface area contributed by atoms with Crippen molar-refractivity contribution in [2.45, 2.75) is 38.6 Å². The number of halogens is 3. The third kappa shape index (κ3) is 5.50. The number of hydrogen-bond donors (Lipinski definition) is 2. The maximum Gasteiger partial charge on any atom is 0.251 e. The number of pyridine rings is 1. The molecule has 1 aliphatic carbocycles. The zero-order valence-electron chi connectivity index (χ0n) is 17.3. The highest BCUT2D eigenvalue weighted by Gasteiger charge is 2.22. The summed E-state index contributed by atoms with van der Waals surface area (Å²) in [5, 5.41) is 7.58. The second kappa shape index (κ2) is 10.1. The van der Waals surface area contributed by atoms with Gasteiger partial charge in [0.15, 0.2) is 11.6 Å². The number of aryl methyl sites for hydroxylation is 1. The van der Waals surface area contributed by atoms with E-state index in [9.17, 15) is 13.6 Å². The van der Waals surface area contributed by atoms with E-state index in [0.717, 1.165) is 49.2 Å². The number of fused-ring (bicyclic) bond motifs is 1. The van der Waals surface area contributed by atoms with Gasteiger partial charge in [-0.25, -0.2) is 13.8 Å². The number of aromatic nitrogens is 1. The fraction of sp³-hybridized carbons (Fsp3) is 0.333. The minimum absolute atomic E-state index is 0. The molecule has 2 aromatic carbocycles. The number of nitrogens with zero attached hydrogens (tertiary/aromatic N) is 1. The number of carbonyl (C=O) groups excluding carboxylic acids is 1. The third-order valence-electron chi connectivity index (χ3n) is 5.85. The summed E-state index contributed by atoms with van der Waals surface area (Å²) >= 11 is 0. The highest BCUT2D eigenvalue weighted by atomic mass is 35.5. The summed E-state index contributed by atoms with van der Waals surface area (Å²) in [5.74, 6) is -1.05. The molecule has 0 aliphatic heterocycles. The lowest BCUT2D eigenvalue weighted by atomic mass is 9.86. The van der Waals surface area contributed by atoms with Gasteiger partial charge in [0.2, 0.25) is 0 Å². The fourth-order valence-corrected chi connectivity index (χ4v) is 4.12. The lowest BCUT2D eigenvalue weighted by Crippen LogP contribution is -2.34. The van der Waals surface area contributed by atoms with Crippen molar-refractivity contribution in [3.63, 3.8) is 0 Å². The SMILES string of the molecule is Cc1cc(N[C@H]2CC[C@@H](CNC(=O)c3ccc(F)c(F)c3)CC2)nc2ccccc12.Cl. The van der Waals surface area contributed by atoms with Crippen molar-refractivity contribution in [2.24, 2.45) is 5.92 Å². The van der Waals surface area contributed by atoms with Crippen LogP contribution in [0.3, 0.4) is 0 Å². The molecular formula is C24H26ClF2N3O. The van der Waals surface area contributed by atoms with Crippen LogP contribution < -0.4 is 10.6 Å². The van der Waals surface area contributed by atoms with E-state index in [2.05, 4.69) is 29.7 Å². The van der Waals surface area contributed by atoms with Crippen molar-refractivity contribution < 1.29 is 13.6 Å². The molecule has 0 saturated heterocycles. The number of hydrogen-bond acceptors (Lipinski definition) is 3. The summed E-state index contributed by atoms with van der Waals surface area (Å²) in [7, 11) is 0. The van der Waals surface area contributed by atoms with Gasteiger partial charge in [0, 0.05) is 23.5 Å². The molecule has 0 unspecified atom stereocenters. The highest BCUT2D eigenvalue weighted by molar-refractivity contribution is 5.94. The molecule has 0 spiro atoms. The Morgan fingerprint density at radius 1 is 1.03 bits per heavy atom. The number of anilines is 1. The summed E-state index contributed by atoms with van der Waals surface area (Å²) in [6.07, 6.45) is 3.98. The van der Waals surface area contributed by atoms with Crippen molar-refractivity contribution in [1.82, 2.24) is 10.3 Å². The monoisotopic (exact) mass is 445 g/mol. The van der Waals surface area contributed by atoms with Crippen molar-refractivity contribution in [2.75, 3.05) is 11.9 Å².